The van der Waals surface area contributed by atoms with E-state index in [4.69, 9.17) is 9.97 Å². The van der Waals surface area contributed by atoms with Crippen molar-refractivity contribution in [3.05, 3.63) is 66.0 Å². The van der Waals surface area contributed by atoms with Crippen LogP contribution in [-0.4, -0.2) is 71.6 Å². The number of pyridine rings is 1. The summed E-state index contributed by atoms with van der Waals surface area (Å²) in [6.07, 6.45) is 4.64. The van der Waals surface area contributed by atoms with Gasteiger partial charge in [-0.2, -0.15) is 5.10 Å². The van der Waals surface area contributed by atoms with Crippen LogP contribution >= 0.6 is 0 Å². The van der Waals surface area contributed by atoms with E-state index in [-0.39, 0.29) is 11.5 Å². The van der Waals surface area contributed by atoms with Gasteiger partial charge in [-0.25, -0.2) is 23.4 Å². The SMILES string of the molecule is CC(C)(O)[C@@](C)(O)c1cc2nc(N3CCN(Cc4ccccc4F)CC3)c(-c3cnn(CF)c3)nc2cn1. The number of halogens is 2. The minimum absolute atomic E-state index is 0.214. The van der Waals surface area contributed by atoms with Crippen molar-refractivity contribution in [2.45, 2.75) is 45.3 Å². The summed E-state index contributed by atoms with van der Waals surface area (Å²) in [4.78, 5) is 18.4. The Hall–Kier alpha value is -3.54. The van der Waals surface area contributed by atoms with Crippen LogP contribution in [-0.2, 0) is 18.9 Å². The average Bonchev–Trinajstić information content (AvgIpc) is 3.38. The van der Waals surface area contributed by atoms with Crippen molar-refractivity contribution in [2.75, 3.05) is 31.1 Å². The quantitative estimate of drug-likeness (QED) is 0.381. The third kappa shape index (κ3) is 4.96. The predicted molar refractivity (Wildman–Crippen MR) is 139 cm³/mol. The molecular formula is C27H31F2N7O2. The van der Waals surface area contributed by atoms with Crippen LogP contribution in [0.4, 0.5) is 14.6 Å². The van der Waals surface area contributed by atoms with Gasteiger partial charge in [0.2, 0.25) is 0 Å². The highest BCUT2D eigenvalue weighted by molar-refractivity contribution is 5.83. The summed E-state index contributed by atoms with van der Waals surface area (Å²) in [7, 11) is 0. The lowest BCUT2D eigenvalue weighted by molar-refractivity contribution is -0.127. The van der Waals surface area contributed by atoms with Crippen LogP contribution in [0.3, 0.4) is 0 Å². The van der Waals surface area contributed by atoms with Crippen molar-refractivity contribution < 1.29 is 19.0 Å². The number of benzene rings is 1. The summed E-state index contributed by atoms with van der Waals surface area (Å²) < 4.78 is 28.6. The van der Waals surface area contributed by atoms with E-state index < -0.39 is 18.0 Å². The monoisotopic (exact) mass is 523 g/mol. The standard InChI is InChI=1S/C27H31F2N7O2/c1-26(2,37)27(3,38)23-12-21-22(14-30-23)32-24(19-13-31-36(16-19)17-28)25(33-21)35-10-8-34(9-11-35)15-18-6-4-5-7-20(18)29/h4-7,12-14,16,37-38H,8-11,15,17H2,1-3H3/t27-/m0/s1. The summed E-state index contributed by atoms with van der Waals surface area (Å²) in [6, 6.07) is 8.42. The van der Waals surface area contributed by atoms with Crippen molar-refractivity contribution >= 4 is 16.9 Å². The second-order valence-corrected chi connectivity index (χ2v) is 10.3. The molecule has 1 aromatic carbocycles. The molecule has 4 aromatic rings. The molecule has 1 saturated heterocycles. The maximum atomic E-state index is 14.2. The van der Waals surface area contributed by atoms with Crippen molar-refractivity contribution in [3.63, 3.8) is 0 Å². The first-order valence-corrected chi connectivity index (χ1v) is 12.5. The number of aliphatic hydroxyl groups is 2. The summed E-state index contributed by atoms with van der Waals surface area (Å²) in [5, 5.41) is 25.5. The first-order chi connectivity index (χ1) is 18.1. The van der Waals surface area contributed by atoms with Gasteiger partial charge in [-0.15, -0.1) is 0 Å². The fourth-order valence-corrected chi connectivity index (χ4v) is 4.48. The summed E-state index contributed by atoms with van der Waals surface area (Å²) in [5.41, 5.74) is 0.0176. The zero-order valence-electron chi connectivity index (χ0n) is 21.6. The van der Waals surface area contributed by atoms with Gasteiger partial charge in [0.25, 0.3) is 0 Å². The number of aromatic nitrogens is 5. The van der Waals surface area contributed by atoms with E-state index in [2.05, 4.69) is 19.9 Å². The van der Waals surface area contributed by atoms with Gasteiger partial charge in [0.1, 0.15) is 22.6 Å². The van der Waals surface area contributed by atoms with E-state index in [0.717, 1.165) is 0 Å². The predicted octanol–water partition coefficient (Wildman–Crippen LogP) is 3.26. The summed E-state index contributed by atoms with van der Waals surface area (Å²) in [6.45, 7) is 6.91. The largest absolute Gasteiger partial charge is 0.387 e. The number of alkyl halides is 1. The maximum absolute atomic E-state index is 14.2. The smallest absolute Gasteiger partial charge is 0.181 e. The Morgan fingerprint density at radius 2 is 1.71 bits per heavy atom. The zero-order valence-corrected chi connectivity index (χ0v) is 21.6. The second kappa shape index (κ2) is 9.97. The number of piperazine rings is 1. The van der Waals surface area contributed by atoms with Gasteiger partial charge in [-0.05, 0) is 32.9 Å². The number of nitrogens with zero attached hydrogens (tertiary/aromatic N) is 7. The van der Waals surface area contributed by atoms with Crippen LogP contribution < -0.4 is 4.90 Å². The van der Waals surface area contributed by atoms with Gasteiger partial charge in [0, 0.05) is 50.0 Å². The number of rotatable bonds is 7. The van der Waals surface area contributed by atoms with E-state index in [1.54, 1.807) is 30.6 Å². The molecule has 1 aliphatic heterocycles. The second-order valence-electron chi connectivity index (χ2n) is 10.3. The molecule has 5 rings (SSSR count). The lowest BCUT2D eigenvalue weighted by Gasteiger charge is -2.36. The minimum Gasteiger partial charge on any atom is -0.387 e. The highest BCUT2D eigenvalue weighted by Crippen LogP contribution is 2.34. The van der Waals surface area contributed by atoms with Crippen LogP contribution in [0.1, 0.15) is 32.0 Å². The Morgan fingerprint density at radius 3 is 2.37 bits per heavy atom. The van der Waals surface area contributed by atoms with Crippen LogP contribution in [0.2, 0.25) is 0 Å². The maximum Gasteiger partial charge on any atom is 0.181 e. The Kier molecular flexibility index (Phi) is 6.84. The first kappa shape index (κ1) is 26.1. The third-order valence-electron chi connectivity index (χ3n) is 7.28. The van der Waals surface area contributed by atoms with E-state index in [1.807, 2.05) is 6.07 Å². The van der Waals surface area contributed by atoms with Gasteiger partial charge in [-0.3, -0.25) is 9.88 Å². The van der Waals surface area contributed by atoms with Crippen LogP contribution in [0.25, 0.3) is 22.3 Å². The molecule has 0 bridgehead atoms. The molecule has 0 radical (unpaired) electrons. The molecule has 2 N–H and O–H groups in total. The van der Waals surface area contributed by atoms with E-state index >= 15 is 0 Å². The topological polar surface area (TPSA) is 103 Å². The van der Waals surface area contributed by atoms with Crippen LogP contribution in [0, 0.1) is 5.82 Å². The third-order valence-corrected chi connectivity index (χ3v) is 7.28. The fraction of sp³-hybridized carbons (Fsp3) is 0.407. The van der Waals surface area contributed by atoms with Crippen molar-refractivity contribution in [3.8, 4) is 11.3 Å². The summed E-state index contributed by atoms with van der Waals surface area (Å²) in [5.74, 6) is 0.385. The molecule has 1 atom stereocenters. The normalized spacial score (nSPS) is 16.7. The molecule has 38 heavy (non-hydrogen) atoms. The highest BCUT2D eigenvalue weighted by Gasteiger charge is 2.40. The van der Waals surface area contributed by atoms with Crippen LogP contribution in [0.5, 0.6) is 0 Å². The average molecular weight is 524 g/mol. The molecule has 1 fully saturated rings. The molecule has 11 heteroatoms. The Labute approximate surface area is 219 Å². The van der Waals surface area contributed by atoms with Gasteiger partial charge in [0.05, 0.1) is 29.2 Å². The lowest BCUT2D eigenvalue weighted by Crippen LogP contribution is -2.46. The van der Waals surface area contributed by atoms with E-state index in [0.29, 0.717) is 66.4 Å². The molecule has 3 aromatic heterocycles. The highest BCUT2D eigenvalue weighted by atomic mass is 19.1. The minimum atomic E-state index is -1.62. The number of hydrogen-bond acceptors (Lipinski definition) is 8. The van der Waals surface area contributed by atoms with Gasteiger partial charge in [0.15, 0.2) is 12.6 Å². The molecule has 1 aliphatic rings. The molecule has 0 unspecified atom stereocenters. The lowest BCUT2D eigenvalue weighted by atomic mass is 9.84. The number of fused-ring (bicyclic) bond motifs is 1. The van der Waals surface area contributed by atoms with Crippen molar-refractivity contribution in [2.24, 2.45) is 0 Å². The summed E-state index contributed by atoms with van der Waals surface area (Å²) >= 11 is 0. The Morgan fingerprint density at radius 1 is 0.974 bits per heavy atom. The van der Waals surface area contributed by atoms with E-state index in [9.17, 15) is 19.0 Å². The van der Waals surface area contributed by atoms with Crippen molar-refractivity contribution in [1.82, 2.24) is 29.6 Å². The Balaban J connectivity index is 1.49. The zero-order chi connectivity index (χ0) is 27.1. The Bertz CT molecular complexity index is 1440. The first-order valence-electron chi connectivity index (χ1n) is 12.5. The number of anilines is 1. The molecule has 4 heterocycles. The molecule has 0 amide bonds. The van der Waals surface area contributed by atoms with Crippen LogP contribution in [0.15, 0.2) is 48.9 Å². The molecule has 0 spiro atoms. The van der Waals surface area contributed by atoms with Gasteiger partial charge < -0.3 is 15.1 Å². The van der Waals surface area contributed by atoms with E-state index in [1.165, 1.54) is 37.7 Å². The number of hydrogen-bond donors (Lipinski definition) is 2. The molecule has 0 aliphatic carbocycles. The van der Waals surface area contributed by atoms with Gasteiger partial charge >= 0.3 is 0 Å². The fourth-order valence-electron chi connectivity index (χ4n) is 4.48. The molecule has 9 nitrogen and oxygen atoms in total. The molecular weight excluding hydrogens is 492 g/mol. The van der Waals surface area contributed by atoms with Crippen molar-refractivity contribution in [1.29, 1.82) is 0 Å². The molecule has 0 saturated carbocycles. The molecule has 200 valence electrons. The van der Waals surface area contributed by atoms with Gasteiger partial charge in [-0.1, -0.05) is 18.2 Å².